The van der Waals surface area contributed by atoms with Gasteiger partial charge in [0, 0.05) is 58.1 Å². The lowest BCUT2D eigenvalue weighted by Crippen LogP contribution is -2.58. The van der Waals surface area contributed by atoms with Crippen LogP contribution in [0.15, 0.2) is 41.3 Å². The number of carbonyl (C=O) groups is 2. The largest absolute Gasteiger partial charge is 0.354 e. The van der Waals surface area contributed by atoms with Crippen LogP contribution in [0.1, 0.15) is 25.8 Å². The fourth-order valence-corrected chi connectivity index (χ4v) is 4.53. The maximum Gasteiger partial charge on any atom is 0.354 e. The second-order valence-electron chi connectivity index (χ2n) is 10.3. The summed E-state index contributed by atoms with van der Waals surface area (Å²) in [7, 11) is 0. The van der Waals surface area contributed by atoms with Crippen LogP contribution in [0.4, 0.5) is 15.0 Å². The third-order valence-electron chi connectivity index (χ3n) is 6.74. The minimum atomic E-state index is -1.02. The van der Waals surface area contributed by atoms with Crippen molar-refractivity contribution in [1.29, 1.82) is 0 Å². The van der Waals surface area contributed by atoms with E-state index < -0.39 is 23.4 Å². The van der Waals surface area contributed by atoms with Gasteiger partial charge in [0.05, 0.1) is 11.2 Å². The quantitative estimate of drug-likeness (QED) is 0.528. The van der Waals surface area contributed by atoms with Crippen molar-refractivity contribution in [1.82, 2.24) is 24.3 Å². The van der Waals surface area contributed by atoms with E-state index in [9.17, 15) is 18.8 Å². The number of amides is 3. The average Bonchev–Trinajstić information content (AvgIpc) is 2.86. The number of halogens is 1. The van der Waals surface area contributed by atoms with E-state index in [1.807, 2.05) is 29.2 Å². The number of hydrogen-bond donors (Lipinski definition) is 3. The van der Waals surface area contributed by atoms with E-state index >= 15 is 0 Å². The number of urea groups is 1. The molecule has 2 aliphatic rings. The molecule has 0 unspecified atom stereocenters. The Kier molecular flexibility index (Phi) is 7.90. The summed E-state index contributed by atoms with van der Waals surface area (Å²) >= 11 is 0. The molecule has 0 spiro atoms. The zero-order valence-electron chi connectivity index (χ0n) is 21.3. The van der Waals surface area contributed by atoms with Gasteiger partial charge in [-0.2, -0.15) is 4.98 Å². The summed E-state index contributed by atoms with van der Waals surface area (Å²) in [6.07, 6.45) is 1.17. The number of carbonyl (C=O) groups excluding carboxylic acids is 2. The van der Waals surface area contributed by atoms with Gasteiger partial charge in [-0.25, -0.2) is 14.0 Å². The molecule has 37 heavy (non-hydrogen) atoms. The number of anilines is 1. The molecule has 3 heterocycles. The number of nitrogens with zero attached hydrogens (tertiary/aromatic N) is 5. The minimum absolute atomic E-state index is 0.147. The van der Waals surface area contributed by atoms with E-state index in [4.69, 9.17) is 11.5 Å². The van der Waals surface area contributed by atoms with Crippen molar-refractivity contribution < 1.29 is 14.0 Å². The Morgan fingerprint density at radius 1 is 1.08 bits per heavy atom. The fourth-order valence-electron chi connectivity index (χ4n) is 4.53. The van der Waals surface area contributed by atoms with Crippen LogP contribution in [0.25, 0.3) is 5.69 Å². The van der Waals surface area contributed by atoms with Crippen molar-refractivity contribution in [2.24, 2.45) is 11.5 Å². The maximum absolute atomic E-state index is 13.9. The number of aromatic nitrogens is 2. The van der Waals surface area contributed by atoms with E-state index in [1.165, 1.54) is 4.57 Å². The highest BCUT2D eigenvalue weighted by Crippen LogP contribution is 2.17. The molecule has 2 aromatic rings. The van der Waals surface area contributed by atoms with Crippen LogP contribution < -0.4 is 22.5 Å². The SMILES string of the molecule is CC(C)(N)C(=O)N1CCN(C(=O)Nc2ccn(-c3ccc(CN4CC[C@H](N)[C@@H](F)C4)cc3)c(=O)n2)CC1. The summed E-state index contributed by atoms with van der Waals surface area (Å²) in [4.78, 5) is 46.9. The molecule has 200 valence electrons. The zero-order valence-corrected chi connectivity index (χ0v) is 21.3. The Morgan fingerprint density at radius 2 is 1.73 bits per heavy atom. The van der Waals surface area contributed by atoms with Crippen molar-refractivity contribution in [3.8, 4) is 5.69 Å². The number of piperazine rings is 1. The molecule has 0 aliphatic carbocycles. The van der Waals surface area contributed by atoms with Crippen LogP contribution in [0, 0.1) is 0 Å². The smallest absolute Gasteiger partial charge is 0.338 e. The summed E-state index contributed by atoms with van der Waals surface area (Å²) in [5.41, 5.74) is 11.8. The number of hydrogen-bond acceptors (Lipinski definition) is 7. The van der Waals surface area contributed by atoms with Crippen LogP contribution in [0.5, 0.6) is 0 Å². The molecular formula is C25H35FN8O3. The third kappa shape index (κ3) is 6.51. The number of benzene rings is 1. The number of nitrogens with one attached hydrogen (secondary N) is 1. The first-order valence-electron chi connectivity index (χ1n) is 12.5. The highest BCUT2D eigenvalue weighted by molar-refractivity contribution is 5.89. The third-order valence-corrected chi connectivity index (χ3v) is 6.74. The molecular weight excluding hydrogens is 479 g/mol. The maximum atomic E-state index is 13.9. The van der Waals surface area contributed by atoms with Gasteiger partial charge in [-0.3, -0.25) is 19.6 Å². The molecule has 1 aromatic carbocycles. The number of piperidine rings is 1. The molecule has 0 radical (unpaired) electrons. The average molecular weight is 515 g/mol. The molecule has 4 rings (SSSR count). The predicted molar refractivity (Wildman–Crippen MR) is 138 cm³/mol. The lowest BCUT2D eigenvalue weighted by Gasteiger charge is -2.37. The highest BCUT2D eigenvalue weighted by Gasteiger charge is 2.31. The van der Waals surface area contributed by atoms with Crippen molar-refractivity contribution in [3.63, 3.8) is 0 Å². The van der Waals surface area contributed by atoms with Crippen molar-refractivity contribution in [3.05, 3.63) is 52.6 Å². The van der Waals surface area contributed by atoms with Gasteiger partial charge >= 0.3 is 11.7 Å². The number of likely N-dealkylation sites (tertiary alicyclic amines) is 1. The molecule has 2 saturated heterocycles. The molecule has 12 heteroatoms. The van der Waals surface area contributed by atoms with Crippen LogP contribution in [0.3, 0.4) is 0 Å². The van der Waals surface area contributed by atoms with Gasteiger partial charge in [0.25, 0.3) is 0 Å². The Bertz CT molecular complexity index is 1170. The summed E-state index contributed by atoms with van der Waals surface area (Å²) < 4.78 is 15.3. The van der Waals surface area contributed by atoms with E-state index in [-0.39, 0.29) is 17.8 Å². The van der Waals surface area contributed by atoms with E-state index in [1.54, 1.807) is 35.9 Å². The second-order valence-corrected chi connectivity index (χ2v) is 10.3. The molecule has 5 N–H and O–H groups in total. The van der Waals surface area contributed by atoms with E-state index in [0.717, 1.165) is 12.1 Å². The van der Waals surface area contributed by atoms with Crippen molar-refractivity contribution >= 4 is 17.8 Å². The van der Waals surface area contributed by atoms with Gasteiger partial charge in [0.15, 0.2) is 0 Å². The number of alkyl halides is 1. The summed E-state index contributed by atoms with van der Waals surface area (Å²) in [5, 5.41) is 2.66. The first kappa shape index (κ1) is 26.7. The summed E-state index contributed by atoms with van der Waals surface area (Å²) in [6.45, 7) is 6.47. The molecule has 2 aliphatic heterocycles. The van der Waals surface area contributed by atoms with Crippen molar-refractivity contribution in [2.45, 2.75) is 44.6 Å². The number of nitrogens with two attached hydrogens (primary N) is 2. The van der Waals surface area contributed by atoms with E-state index in [0.29, 0.717) is 51.4 Å². The molecule has 0 saturated carbocycles. The summed E-state index contributed by atoms with van der Waals surface area (Å²) in [5.74, 6) is -0.0101. The molecule has 2 fully saturated rings. The normalized spacial score (nSPS) is 21.1. The standard InChI is InChI=1S/C25H35FN8O3/c1-25(2,28)22(35)32-11-13-33(14-12-32)23(36)29-21-8-10-34(24(37)30-21)18-5-3-17(4-6-18)15-31-9-7-20(27)19(26)16-31/h3-6,8,10,19-20H,7,9,11-16,27-28H2,1-2H3,(H,29,30,36,37)/t19-,20-/m0/s1. The molecule has 1 aromatic heterocycles. The zero-order chi connectivity index (χ0) is 26.7. The molecule has 3 amide bonds. The number of rotatable bonds is 5. The van der Waals surface area contributed by atoms with Gasteiger partial charge in [-0.1, -0.05) is 12.1 Å². The van der Waals surface area contributed by atoms with Crippen LogP contribution in [0.2, 0.25) is 0 Å². The van der Waals surface area contributed by atoms with Crippen LogP contribution >= 0.6 is 0 Å². The monoisotopic (exact) mass is 514 g/mol. The van der Waals surface area contributed by atoms with Crippen molar-refractivity contribution in [2.75, 3.05) is 44.6 Å². The topological polar surface area (TPSA) is 143 Å². The lowest BCUT2D eigenvalue weighted by molar-refractivity contribution is -0.137. The van der Waals surface area contributed by atoms with Gasteiger partial charge in [-0.05, 0) is 44.0 Å². The Hall–Kier alpha value is -3.35. The Morgan fingerprint density at radius 3 is 2.32 bits per heavy atom. The lowest BCUT2D eigenvalue weighted by atomic mass is 10.0. The van der Waals surface area contributed by atoms with Crippen LogP contribution in [-0.2, 0) is 11.3 Å². The highest BCUT2D eigenvalue weighted by atomic mass is 19.1. The Balaban J connectivity index is 1.32. The summed E-state index contributed by atoms with van der Waals surface area (Å²) in [6, 6.07) is 8.19. The minimum Gasteiger partial charge on any atom is -0.338 e. The molecule has 2 atom stereocenters. The van der Waals surface area contributed by atoms with Gasteiger partial charge in [0.1, 0.15) is 12.0 Å². The van der Waals surface area contributed by atoms with Gasteiger partial charge in [-0.15, -0.1) is 0 Å². The van der Waals surface area contributed by atoms with Gasteiger partial charge in [0.2, 0.25) is 5.91 Å². The second kappa shape index (κ2) is 11.0. The Labute approximate surface area is 215 Å². The van der Waals surface area contributed by atoms with Crippen LogP contribution in [-0.4, -0.2) is 93.2 Å². The molecule has 0 bridgehead atoms. The van der Waals surface area contributed by atoms with Gasteiger partial charge < -0.3 is 21.3 Å². The predicted octanol–water partition coefficient (Wildman–Crippen LogP) is 0.517. The molecule has 11 nitrogen and oxygen atoms in total. The first-order valence-corrected chi connectivity index (χ1v) is 12.5. The first-order chi connectivity index (χ1) is 17.5. The fraction of sp³-hybridized carbons (Fsp3) is 0.520. The van der Waals surface area contributed by atoms with E-state index in [2.05, 4.69) is 10.3 Å².